The molecule has 2 aromatic carbocycles. The summed E-state index contributed by atoms with van der Waals surface area (Å²) in [5, 5.41) is 0. The average molecular weight is 262 g/mol. The number of rotatable bonds is 3. The third-order valence-electron chi connectivity index (χ3n) is 3.14. The van der Waals surface area contributed by atoms with Gasteiger partial charge in [0, 0.05) is 6.07 Å². The van der Waals surface area contributed by atoms with Crippen LogP contribution in [0.15, 0.2) is 30.3 Å². The average Bonchev–Trinajstić information content (AvgIpc) is 2.36. The standard InChI is InChI=1S/C16H16F2O/c1-4-12-5-6-13(7-10(12)2)19-16-9-15(18)14(17)8-11(16)3/h5-9H,4H2,1-3H3. The van der Waals surface area contributed by atoms with Crippen molar-refractivity contribution in [2.45, 2.75) is 27.2 Å². The molecule has 3 heteroatoms. The fourth-order valence-corrected chi connectivity index (χ4v) is 1.99. The first-order valence-corrected chi connectivity index (χ1v) is 6.24. The van der Waals surface area contributed by atoms with Crippen LogP contribution in [0.2, 0.25) is 0 Å². The van der Waals surface area contributed by atoms with E-state index in [1.54, 1.807) is 6.92 Å². The molecular weight excluding hydrogens is 246 g/mol. The van der Waals surface area contributed by atoms with E-state index in [4.69, 9.17) is 4.74 Å². The molecule has 0 bridgehead atoms. The van der Waals surface area contributed by atoms with E-state index in [2.05, 4.69) is 6.92 Å². The molecule has 0 aliphatic heterocycles. The molecule has 0 fully saturated rings. The summed E-state index contributed by atoms with van der Waals surface area (Å²) in [7, 11) is 0. The number of ether oxygens (including phenoxy) is 1. The van der Waals surface area contributed by atoms with E-state index in [0.717, 1.165) is 24.1 Å². The molecule has 0 atom stereocenters. The van der Waals surface area contributed by atoms with E-state index in [9.17, 15) is 8.78 Å². The molecule has 100 valence electrons. The van der Waals surface area contributed by atoms with Gasteiger partial charge < -0.3 is 4.74 Å². The van der Waals surface area contributed by atoms with Crippen LogP contribution in [0.3, 0.4) is 0 Å². The Kier molecular flexibility index (Phi) is 3.84. The van der Waals surface area contributed by atoms with Gasteiger partial charge in [0.25, 0.3) is 0 Å². The summed E-state index contributed by atoms with van der Waals surface area (Å²) < 4.78 is 31.9. The van der Waals surface area contributed by atoms with Gasteiger partial charge in [-0.05, 0) is 55.2 Å². The Bertz CT molecular complexity index is 606. The fraction of sp³-hybridized carbons (Fsp3) is 0.250. The Labute approximate surface area is 111 Å². The van der Waals surface area contributed by atoms with Crippen molar-refractivity contribution in [3.63, 3.8) is 0 Å². The van der Waals surface area contributed by atoms with Crippen molar-refractivity contribution >= 4 is 0 Å². The van der Waals surface area contributed by atoms with Gasteiger partial charge in [-0.15, -0.1) is 0 Å². The van der Waals surface area contributed by atoms with E-state index < -0.39 is 11.6 Å². The van der Waals surface area contributed by atoms with Gasteiger partial charge in [0.15, 0.2) is 11.6 Å². The Balaban J connectivity index is 2.31. The topological polar surface area (TPSA) is 9.23 Å². The number of halogens is 2. The number of hydrogen-bond acceptors (Lipinski definition) is 1. The highest BCUT2D eigenvalue weighted by atomic mass is 19.2. The third kappa shape index (κ3) is 2.92. The largest absolute Gasteiger partial charge is 0.457 e. The summed E-state index contributed by atoms with van der Waals surface area (Å²) in [4.78, 5) is 0. The lowest BCUT2D eigenvalue weighted by Gasteiger charge is -2.11. The highest BCUT2D eigenvalue weighted by Crippen LogP contribution is 2.28. The molecule has 2 aromatic rings. The van der Waals surface area contributed by atoms with Crippen LogP contribution in [0.5, 0.6) is 11.5 Å². The normalized spacial score (nSPS) is 10.6. The molecule has 0 saturated heterocycles. The van der Waals surface area contributed by atoms with Crippen LogP contribution in [0.25, 0.3) is 0 Å². The van der Waals surface area contributed by atoms with Crippen LogP contribution in [-0.2, 0) is 6.42 Å². The maximum atomic E-state index is 13.2. The van der Waals surface area contributed by atoms with E-state index in [-0.39, 0.29) is 0 Å². The lowest BCUT2D eigenvalue weighted by molar-refractivity contribution is 0.457. The molecule has 0 aliphatic rings. The van der Waals surface area contributed by atoms with Crippen molar-refractivity contribution in [2.75, 3.05) is 0 Å². The zero-order valence-corrected chi connectivity index (χ0v) is 11.3. The highest BCUT2D eigenvalue weighted by Gasteiger charge is 2.09. The predicted molar refractivity (Wildman–Crippen MR) is 71.7 cm³/mol. The van der Waals surface area contributed by atoms with Crippen LogP contribution in [-0.4, -0.2) is 0 Å². The fourth-order valence-electron chi connectivity index (χ4n) is 1.99. The molecule has 0 radical (unpaired) electrons. The Morgan fingerprint density at radius 3 is 2.26 bits per heavy atom. The van der Waals surface area contributed by atoms with Gasteiger partial charge in [-0.2, -0.15) is 0 Å². The SMILES string of the molecule is CCc1ccc(Oc2cc(F)c(F)cc2C)cc1C. The predicted octanol–water partition coefficient (Wildman–Crippen LogP) is 4.94. The van der Waals surface area contributed by atoms with Crippen LogP contribution >= 0.6 is 0 Å². The van der Waals surface area contributed by atoms with E-state index in [1.165, 1.54) is 5.56 Å². The molecule has 0 unspecified atom stereocenters. The molecule has 0 amide bonds. The maximum Gasteiger partial charge on any atom is 0.162 e. The molecular formula is C16H16F2O. The summed E-state index contributed by atoms with van der Waals surface area (Å²) in [6, 6.07) is 7.94. The van der Waals surface area contributed by atoms with Gasteiger partial charge >= 0.3 is 0 Å². The van der Waals surface area contributed by atoms with Gasteiger partial charge in [-0.3, -0.25) is 0 Å². The second kappa shape index (κ2) is 5.39. The lowest BCUT2D eigenvalue weighted by atomic mass is 10.1. The van der Waals surface area contributed by atoms with Crippen LogP contribution in [0.4, 0.5) is 8.78 Å². The van der Waals surface area contributed by atoms with Gasteiger partial charge in [0.2, 0.25) is 0 Å². The highest BCUT2D eigenvalue weighted by molar-refractivity contribution is 5.41. The molecule has 0 spiro atoms. The number of benzene rings is 2. The molecule has 0 saturated carbocycles. The van der Waals surface area contributed by atoms with Crippen LogP contribution < -0.4 is 4.74 Å². The van der Waals surface area contributed by atoms with E-state index in [1.807, 2.05) is 25.1 Å². The van der Waals surface area contributed by atoms with Crippen molar-refractivity contribution in [1.29, 1.82) is 0 Å². The lowest BCUT2D eigenvalue weighted by Crippen LogP contribution is -1.93. The molecule has 19 heavy (non-hydrogen) atoms. The summed E-state index contributed by atoms with van der Waals surface area (Å²) in [5.74, 6) is -0.795. The quantitative estimate of drug-likeness (QED) is 0.761. The third-order valence-corrected chi connectivity index (χ3v) is 3.14. The minimum atomic E-state index is -0.900. The van der Waals surface area contributed by atoms with Crippen molar-refractivity contribution in [1.82, 2.24) is 0 Å². The minimum Gasteiger partial charge on any atom is -0.457 e. The molecule has 0 N–H and O–H groups in total. The smallest absolute Gasteiger partial charge is 0.162 e. The van der Waals surface area contributed by atoms with E-state index in [0.29, 0.717) is 17.1 Å². The second-order valence-corrected chi connectivity index (χ2v) is 4.58. The van der Waals surface area contributed by atoms with Crippen LogP contribution in [0, 0.1) is 25.5 Å². The van der Waals surface area contributed by atoms with Crippen molar-refractivity contribution in [2.24, 2.45) is 0 Å². The van der Waals surface area contributed by atoms with Crippen molar-refractivity contribution in [3.8, 4) is 11.5 Å². The summed E-state index contributed by atoms with van der Waals surface area (Å²) in [6.45, 7) is 5.78. The van der Waals surface area contributed by atoms with Gasteiger partial charge in [0.05, 0.1) is 0 Å². The monoisotopic (exact) mass is 262 g/mol. The zero-order chi connectivity index (χ0) is 14.0. The first-order chi connectivity index (χ1) is 9.01. The van der Waals surface area contributed by atoms with Crippen LogP contribution in [0.1, 0.15) is 23.6 Å². The summed E-state index contributed by atoms with van der Waals surface area (Å²) >= 11 is 0. The van der Waals surface area contributed by atoms with Gasteiger partial charge in [-0.1, -0.05) is 13.0 Å². The molecule has 0 aromatic heterocycles. The van der Waals surface area contributed by atoms with E-state index >= 15 is 0 Å². The second-order valence-electron chi connectivity index (χ2n) is 4.58. The first kappa shape index (κ1) is 13.5. The Morgan fingerprint density at radius 1 is 0.947 bits per heavy atom. The van der Waals surface area contributed by atoms with Gasteiger partial charge in [0.1, 0.15) is 11.5 Å². The maximum absolute atomic E-state index is 13.2. The number of hydrogen-bond donors (Lipinski definition) is 0. The van der Waals surface area contributed by atoms with Crippen molar-refractivity contribution in [3.05, 3.63) is 58.7 Å². The first-order valence-electron chi connectivity index (χ1n) is 6.24. The van der Waals surface area contributed by atoms with Crippen molar-refractivity contribution < 1.29 is 13.5 Å². The zero-order valence-electron chi connectivity index (χ0n) is 11.3. The summed E-state index contributed by atoms with van der Waals surface area (Å²) in [5.41, 5.74) is 2.94. The molecule has 1 nitrogen and oxygen atoms in total. The summed E-state index contributed by atoms with van der Waals surface area (Å²) in [6.07, 6.45) is 0.955. The Hall–Kier alpha value is -1.90. The van der Waals surface area contributed by atoms with Gasteiger partial charge in [-0.25, -0.2) is 8.78 Å². The molecule has 2 rings (SSSR count). The number of aryl methyl sites for hydroxylation is 3. The minimum absolute atomic E-state index is 0.336. The Morgan fingerprint density at radius 2 is 1.63 bits per heavy atom. The molecule has 0 aliphatic carbocycles. The molecule has 0 heterocycles.